The number of amides is 3. The van der Waals surface area contributed by atoms with Crippen LogP contribution in [0.5, 0.6) is 5.75 Å². The zero-order chi connectivity index (χ0) is 38.4. The summed E-state index contributed by atoms with van der Waals surface area (Å²) in [6.07, 6.45) is 3.05. The quantitative estimate of drug-likeness (QED) is 0.100. The van der Waals surface area contributed by atoms with Crippen molar-refractivity contribution in [3.63, 3.8) is 0 Å². The third-order valence-corrected chi connectivity index (χ3v) is 9.72. The first-order valence-electron chi connectivity index (χ1n) is 18.0. The third kappa shape index (κ3) is 8.93. The lowest BCUT2D eigenvalue weighted by Crippen LogP contribution is -2.62. The van der Waals surface area contributed by atoms with Crippen molar-refractivity contribution in [3.8, 4) is 5.75 Å². The maximum atomic E-state index is 14.3. The molecule has 54 heavy (non-hydrogen) atoms. The molecule has 0 bridgehead atoms. The SMILES string of the molecule is COc1ccc(CN[C@@H](C(=O)N[C@H]2c3ccccc3CC2O)[C@H](O)[C@H](Cc2ccccc2)NC(=O)[C@@H](NC(=O)c2cn3cccnc3n2)C(C)(C)C)cc1. The number of fused-ring (bicyclic) bond motifs is 2. The van der Waals surface area contributed by atoms with Gasteiger partial charge in [-0.2, -0.15) is 0 Å². The van der Waals surface area contributed by atoms with Crippen LogP contribution in [0.4, 0.5) is 0 Å². The Morgan fingerprint density at radius 1 is 0.926 bits per heavy atom. The highest BCUT2D eigenvalue weighted by molar-refractivity contribution is 5.97. The summed E-state index contributed by atoms with van der Waals surface area (Å²) >= 11 is 0. The summed E-state index contributed by atoms with van der Waals surface area (Å²) < 4.78 is 6.91. The van der Waals surface area contributed by atoms with Gasteiger partial charge in [0.05, 0.1) is 31.4 Å². The normalized spacial score (nSPS) is 17.5. The van der Waals surface area contributed by atoms with Crippen LogP contribution in [0.25, 0.3) is 5.78 Å². The molecule has 282 valence electrons. The van der Waals surface area contributed by atoms with E-state index in [-0.39, 0.29) is 18.7 Å². The van der Waals surface area contributed by atoms with Crippen molar-refractivity contribution in [2.45, 2.75) is 76.5 Å². The number of hydrogen-bond acceptors (Lipinski definition) is 9. The molecule has 2 aromatic heterocycles. The van der Waals surface area contributed by atoms with Crippen molar-refractivity contribution in [2.24, 2.45) is 5.41 Å². The van der Waals surface area contributed by atoms with Crippen molar-refractivity contribution in [2.75, 3.05) is 7.11 Å². The highest BCUT2D eigenvalue weighted by Crippen LogP contribution is 2.31. The number of aliphatic hydroxyl groups is 2. The maximum absolute atomic E-state index is 14.3. The van der Waals surface area contributed by atoms with E-state index in [4.69, 9.17) is 4.74 Å². The van der Waals surface area contributed by atoms with Crippen LogP contribution >= 0.6 is 0 Å². The van der Waals surface area contributed by atoms with Crippen LogP contribution in [-0.4, -0.2) is 79.7 Å². The summed E-state index contributed by atoms with van der Waals surface area (Å²) in [5, 5.41) is 35.3. The zero-order valence-corrected chi connectivity index (χ0v) is 30.8. The largest absolute Gasteiger partial charge is 0.497 e. The molecule has 2 heterocycles. The second-order valence-corrected chi connectivity index (χ2v) is 14.7. The van der Waals surface area contributed by atoms with E-state index in [1.165, 1.54) is 6.20 Å². The molecule has 0 radical (unpaired) electrons. The summed E-state index contributed by atoms with van der Waals surface area (Å²) in [5.41, 5.74) is 2.70. The number of hydrogen-bond donors (Lipinski definition) is 6. The van der Waals surface area contributed by atoms with E-state index >= 15 is 0 Å². The van der Waals surface area contributed by atoms with E-state index in [1.807, 2.05) is 87.5 Å². The Bertz CT molecular complexity index is 2030. The van der Waals surface area contributed by atoms with Crippen molar-refractivity contribution >= 4 is 23.5 Å². The average molecular weight is 734 g/mol. The summed E-state index contributed by atoms with van der Waals surface area (Å²) in [6.45, 7) is 5.66. The molecule has 5 aromatic rings. The highest BCUT2D eigenvalue weighted by atomic mass is 16.5. The van der Waals surface area contributed by atoms with E-state index in [0.29, 0.717) is 17.9 Å². The number of nitrogens with one attached hydrogen (secondary N) is 4. The molecule has 6 rings (SSSR count). The smallest absolute Gasteiger partial charge is 0.272 e. The molecular formula is C41H47N7O6. The van der Waals surface area contributed by atoms with Crippen molar-refractivity contribution in [1.29, 1.82) is 0 Å². The summed E-state index contributed by atoms with van der Waals surface area (Å²) in [7, 11) is 1.58. The number of nitrogens with zero attached hydrogens (tertiary/aromatic N) is 3. The first kappa shape index (κ1) is 38.1. The number of imidazole rings is 1. The highest BCUT2D eigenvalue weighted by Gasteiger charge is 2.40. The molecule has 6 N–H and O–H groups in total. The molecule has 0 spiro atoms. The van der Waals surface area contributed by atoms with Gasteiger partial charge in [-0.1, -0.05) is 87.5 Å². The first-order chi connectivity index (χ1) is 25.9. The maximum Gasteiger partial charge on any atom is 0.272 e. The van der Waals surface area contributed by atoms with Crippen molar-refractivity contribution in [3.05, 3.63) is 131 Å². The predicted octanol–water partition coefficient (Wildman–Crippen LogP) is 2.90. The average Bonchev–Trinajstić information content (AvgIpc) is 3.74. The summed E-state index contributed by atoms with van der Waals surface area (Å²) in [5.74, 6) is -0.654. The molecule has 13 nitrogen and oxygen atoms in total. The van der Waals surface area contributed by atoms with Gasteiger partial charge >= 0.3 is 0 Å². The topological polar surface area (TPSA) is 179 Å². The Balaban J connectivity index is 1.28. The molecular weight excluding hydrogens is 686 g/mol. The lowest BCUT2D eigenvalue weighted by atomic mass is 9.85. The van der Waals surface area contributed by atoms with Crippen molar-refractivity contribution in [1.82, 2.24) is 35.6 Å². The number of benzene rings is 3. The molecule has 3 aromatic carbocycles. The Labute approximate surface area is 314 Å². The predicted molar refractivity (Wildman–Crippen MR) is 202 cm³/mol. The molecule has 0 saturated heterocycles. The number of methoxy groups -OCH3 is 1. The van der Waals surface area contributed by atoms with Crippen molar-refractivity contribution < 1.29 is 29.3 Å². The van der Waals surface area contributed by atoms with Crippen LogP contribution in [-0.2, 0) is 29.0 Å². The Kier molecular flexibility index (Phi) is 11.7. The minimum atomic E-state index is -1.47. The van der Waals surface area contributed by atoms with E-state index in [1.54, 1.807) is 42.1 Å². The molecule has 0 saturated carbocycles. The lowest BCUT2D eigenvalue weighted by molar-refractivity contribution is -0.131. The number of ether oxygens (including phenoxy) is 1. The van der Waals surface area contributed by atoms with Crippen LogP contribution in [0, 0.1) is 5.41 Å². The van der Waals surface area contributed by atoms with Gasteiger partial charge in [0, 0.05) is 31.6 Å². The molecule has 3 amide bonds. The van der Waals surface area contributed by atoms with Gasteiger partial charge < -0.3 is 30.9 Å². The van der Waals surface area contributed by atoms with Gasteiger partial charge in [0.25, 0.3) is 5.91 Å². The zero-order valence-electron chi connectivity index (χ0n) is 30.8. The van der Waals surface area contributed by atoms with Gasteiger partial charge in [0.2, 0.25) is 17.6 Å². The van der Waals surface area contributed by atoms with Crippen LogP contribution in [0.2, 0.25) is 0 Å². The van der Waals surface area contributed by atoms with Gasteiger partial charge in [-0.25, -0.2) is 9.97 Å². The second-order valence-electron chi connectivity index (χ2n) is 14.7. The minimum Gasteiger partial charge on any atom is -0.497 e. The monoisotopic (exact) mass is 733 g/mol. The van der Waals surface area contributed by atoms with Gasteiger partial charge in [0.15, 0.2) is 0 Å². The van der Waals surface area contributed by atoms with Crippen LogP contribution in [0.15, 0.2) is 104 Å². The Morgan fingerprint density at radius 2 is 1.65 bits per heavy atom. The minimum absolute atomic E-state index is 0.0896. The fourth-order valence-corrected chi connectivity index (χ4v) is 6.77. The summed E-state index contributed by atoms with van der Waals surface area (Å²) in [6, 6.07) is 21.9. The Morgan fingerprint density at radius 3 is 2.35 bits per heavy atom. The van der Waals surface area contributed by atoms with E-state index < -0.39 is 59.5 Å². The van der Waals surface area contributed by atoms with Crippen LogP contribution in [0.3, 0.4) is 0 Å². The fraction of sp³-hybridized carbons (Fsp3) is 0.341. The molecule has 0 aliphatic heterocycles. The molecule has 6 atom stereocenters. The van der Waals surface area contributed by atoms with Gasteiger partial charge in [0.1, 0.15) is 23.5 Å². The lowest BCUT2D eigenvalue weighted by Gasteiger charge is -2.35. The molecule has 1 aliphatic rings. The van der Waals surface area contributed by atoms with Gasteiger partial charge in [-0.15, -0.1) is 0 Å². The molecule has 13 heteroatoms. The number of aromatic nitrogens is 3. The van der Waals surface area contributed by atoms with Crippen LogP contribution < -0.4 is 26.0 Å². The molecule has 1 unspecified atom stereocenters. The second kappa shape index (κ2) is 16.6. The standard InChI is InChI=1S/C41H47N7O6/c1-41(2,3)36(47-37(51)31-24-48-20-10-19-42-40(48)45-31)39(53)44-30(21-25-11-6-5-7-12-25)35(50)34(43-23-26-15-17-28(54-4)18-16-26)38(52)46-33-29-14-9-8-13-27(29)22-32(33)49/h5-20,24,30,32-36,43,49-50H,21-23H2,1-4H3,(H,44,53)(H,46,52)(H,47,51)/t30-,32?,33-,34+,35+,36+/m0/s1. The summed E-state index contributed by atoms with van der Waals surface area (Å²) in [4.78, 5) is 50.5. The van der Waals surface area contributed by atoms with Gasteiger partial charge in [-0.05, 0) is 52.3 Å². The number of aliphatic hydroxyl groups excluding tert-OH is 2. The first-order valence-corrected chi connectivity index (χ1v) is 18.0. The van der Waals surface area contributed by atoms with Crippen LogP contribution in [0.1, 0.15) is 59.6 Å². The van der Waals surface area contributed by atoms with Gasteiger partial charge in [-0.3, -0.25) is 24.1 Å². The third-order valence-electron chi connectivity index (χ3n) is 9.72. The molecule has 0 fully saturated rings. The number of rotatable bonds is 14. The van der Waals surface area contributed by atoms with E-state index in [0.717, 1.165) is 22.3 Å². The molecule has 1 aliphatic carbocycles. The Hall–Kier alpha value is -5.63. The number of carbonyl (C=O) groups excluding carboxylic acids is 3. The number of carbonyl (C=O) groups is 3. The van der Waals surface area contributed by atoms with E-state index in [2.05, 4.69) is 31.2 Å². The fourth-order valence-electron chi connectivity index (χ4n) is 6.77. The van der Waals surface area contributed by atoms with E-state index in [9.17, 15) is 24.6 Å².